The van der Waals surface area contributed by atoms with Crippen LogP contribution in [-0.4, -0.2) is 41.1 Å². The SMILES string of the molecule is COc1cc(NC(=O)COC(=O)c2ccccc2NS(=O)(=O)c2ccc(F)c(C)c2)cc(OC)c1. The Kier molecular flexibility index (Phi) is 7.92. The molecule has 0 fully saturated rings. The van der Waals surface area contributed by atoms with E-state index in [4.69, 9.17) is 14.2 Å². The topological polar surface area (TPSA) is 120 Å². The van der Waals surface area contributed by atoms with Gasteiger partial charge in [0.25, 0.3) is 15.9 Å². The van der Waals surface area contributed by atoms with Crippen LogP contribution in [0.3, 0.4) is 0 Å². The Morgan fingerprint density at radius 3 is 2.23 bits per heavy atom. The first-order chi connectivity index (χ1) is 16.6. The van der Waals surface area contributed by atoms with Gasteiger partial charge >= 0.3 is 5.97 Å². The summed E-state index contributed by atoms with van der Waals surface area (Å²) in [6.45, 7) is 0.808. The number of amides is 1. The minimum Gasteiger partial charge on any atom is -0.497 e. The maximum Gasteiger partial charge on any atom is 0.340 e. The highest BCUT2D eigenvalue weighted by molar-refractivity contribution is 7.92. The summed E-state index contributed by atoms with van der Waals surface area (Å²) in [5, 5.41) is 2.56. The highest BCUT2D eigenvalue weighted by atomic mass is 32.2. The van der Waals surface area contributed by atoms with E-state index in [0.29, 0.717) is 17.2 Å². The van der Waals surface area contributed by atoms with Crippen LogP contribution in [0.25, 0.3) is 0 Å². The number of sulfonamides is 1. The maximum absolute atomic E-state index is 13.5. The van der Waals surface area contributed by atoms with Gasteiger partial charge in [-0.2, -0.15) is 0 Å². The van der Waals surface area contributed by atoms with Crippen molar-refractivity contribution in [2.75, 3.05) is 30.9 Å². The predicted molar refractivity (Wildman–Crippen MR) is 127 cm³/mol. The number of carbonyl (C=O) groups excluding carboxylic acids is 2. The van der Waals surface area contributed by atoms with Gasteiger partial charge in [0.1, 0.15) is 17.3 Å². The summed E-state index contributed by atoms with van der Waals surface area (Å²) in [6, 6.07) is 13.8. The summed E-state index contributed by atoms with van der Waals surface area (Å²) in [4.78, 5) is 24.7. The fourth-order valence-electron chi connectivity index (χ4n) is 3.02. The van der Waals surface area contributed by atoms with Crippen molar-refractivity contribution in [3.05, 3.63) is 77.6 Å². The number of carbonyl (C=O) groups is 2. The number of anilines is 2. The van der Waals surface area contributed by atoms with E-state index in [1.807, 2.05) is 0 Å². The number of methoxy groups -OCH3 is 2. The van der Waals surface area contributed by atoms with Gasteiger partial charge in [-0.25, -0.2) is 17.6 Å². The molecule has 0 aliphatic heterocycles. The van der Waals surface area contributed by atoms with Gasteiger partial charge in [-0.15, -0.1) is 0 Å². The molecule has 3 aromatic rings. The molecule has 0 aliphatic rings. The van der Waals surface area contributed by atoms with Gasteiger partial charge in [0, 0.05) is 23.9 Å². The van der Waals surface area contributed by atoms with Crippen molar-refractivity contribution in [1.29, 1.82) is 0 Å². The quantitative estimate of drug-likeness (QED) is 0.428. The van der Waals surface area contributed by atoms with Crippen LogP contribution in [-0.2, 0) is 19.6 Å². The van der Waals surface area contributed by atoms with Crippen LogP contribution in [0, 0.1) is 12.7 Å². The van der Waals surface area contributed by atoms with Crippen molar-refractivity contribution in [3.63, 3.8) is 0 Å². The Balaban J connectivity index is 1.70. The Bertz CT molecular complexity index is 1340. The van der Waals surface area contributed by atoms with Crippen LogP contribution < -0.4 is 19.5 Å². The number of hydrogen-bond donors (Lipinski definition) is 2. The van der Waals surface area contributed by atoms with Crippen molar-refractivity contribution >= 4 is 33.3 Å². The summed E-state index contributed by atoms with van der Waals surface area (Å²) < 4.78 is 56.7. The summed E-state index contributed by atoms with van der Waals surface area (Å²) in [7, 11) is -1.19. The zero-order chi connectivity index (χ0) is 25.6. The van der Waals surface area contributed by atoms with E-state index >= 15 is 0 Å². The van der Waals surface area contributed by atoms with Crippen molar-refractivity contribution < 1.29 is 36.6 Å². The van der Waals surface area contributed by atoms with Crippen molar-refractivity contribution in [1.82, 2.24) is 0 Å². The largest absolute Gasteiger partial charge is 0.497 e. The van der Waals surface area contributed by atoms with E-state index in [0.717, 1.165) is 12.1 Å². The minimum absolute atomic E-state index is 0.0579. The summed E-state index contributed by atoms with van der Waals surface area (Å²) in [5.41, 5.74) is 0.355. The molecule has 0 saturated heterocycles. The monoisotopic (exact) mass is 502 g/mol. The number of esters is 1. The molecule has 0 bridgehead atoms. The minimum atomic E-state index is -4.12. The van der Waals surface area contributed by atoms with E-state index in [9.17, 15) is 22.4 Å². The van der Waals surface area contributed by atoms with E-state index in [1.54, 1.807) is 18.2 Å². The highest BCUT2D eigenvalue weighted by Crippen LogP contribution is 2.26. The van der Waals surface area contributed by atoms with Gasteiger partial charge in [0.05, 0.1) is 30.4 Å². The van der Waals surface area contributed by atoms with Crippen LogP contribution in [0.4, 0.5) is 15.8 Å². The zero-order valence-corrected chi connectivity index (χ0v) is 19.9. The van der Waals surface area contributed by atoms with Gasteiger partial charge in [0.2, 0.25) is 0 Å². The average Bonchev–Trinajstić information content (AvgIpc) is 2.83. The Morgan fingerprint density at radius 1 is 0.943 bits per heavy atom. The number of benzene rings is 3. The molecule has 184 valence electrons. The summed E-state index contributed by atoms with van der Waals surface area (Å²) >= 11 is 0. The molecule has 11 heteroatoms. The number of halogens is 1. The number of aryl methyl sites for hydroxylation is 1. The van der Waals surface area contributed by atoms with Gasteiger partial charge in [0.15, 0.2) is 6.61 Å². The average molecular weight is 503 g/mol. The summed E-state index contributed by atoms with van der Waals surface area (Å²) in [6.07, 6.45) is 0. The zero-order valence-electron chi connectivity index (χ0n) is 19.1. The molecule has 0 atom stereocenters. The second-order valence-electron chi connectivity index (χ2n) is 7.29. The Morgan fingerprint density at radius 2 is 1.60 bits per heavy atom. The van der Waals surface area contributed by atoms with Crippen molar-refractivity contribution in [3.8, 4) is 11.5 Å². The highest BCUT2D eigenvalue weighted by Gasteiger charge is 2.21. The molecule has 0 spiro atoms. The molecule has 0 unspecified atom stereocenters. The molecule has 0 heterocycles. The number of rotatable bonds is 9. The lowest BCUT2D eigenvalue weighted by atomic mass is 10.2. The van der Waals surface area contributed by atoms with Crippen LogP contribution in [0.1, 0.15) is 15.9 Å². The standard InChI is InChI=1S/C24H23FN2O7S/c1-15-10-19(8-9-21(15)25)35(30,31)27-22-7-5-4-6-20(22)24(29)34-14-23(28)26-16-11-17(32-2)13-18(12-16)33-3/h4-13,27H,14H2,1-3H3,(H,26,28). The molecular weight excluding hydrogens is 479 g/mol. The lowest BCUT2D eigenvalue weighted by molar-refractivity contribution is -0.119. The van der Waals surface area contributed by atoms with Crippen LogP contribution >= 0.6 is 0 Å². The molecule has 3 aromatic carbocycles. The molecule has 1 amide bonds. The molecule has 9 nitrogen and oxygen atoms in total. The van der Waals surface area contributed by atoms with Gasteiger partial charge in [-0.3, -0.25) is 9.52 Å². The molecule has 35 heavy (non-hydrogen) atoms. The van der Waals surface area contributed by atoms with Crippen LogP contribution in [0.5, 0.6) is 11.5 Å². The molecular formula is C24H23FN2O7S. The number of ether oxygens (including phenoxy) is 3. The smallest absolute Gasteiger partial charge is 0.340 e. The van der Waals surface area contributed by atoms with E-state index < -0.39 is 34.3 Å². The Hall–Kier alpha value is -4.12. The third kappa shape index (κ3) is 6.48. The second kappa shape index (κ2) is 10.9. The number of hydrogen-bond acceptors (Lipinski definition) is 7. The first-order valence-electron chi connectivity index (χ1n) is 10.2. The molecule has 0 aliphatic carbocycles. The van der Waals surface area contributed by atoms with Gasteiger partial charge in [-0.05, 0) is 42.8 Å². The fraction of sp³-hybridized carbons (Fsp3) is 0.167. The van der Waals surface area contributed by atoms with E-state index in [2.05, 4.69) is 10.0 Å². The number of nitrogens with one attached hydrogen (secondary N) is 2. The van der Waals surface area contributed by atoms with Crippen LogP contribution in [0.2, 0.25) is 0 Å². The fourth-order valence-corrected chi connectivity index (χ4v) is 4.19. The lowest BCUT2D eigenvalue weighted by Gasteiger charge is -2.13. The molecule has 3 rings (SSSR count). The van der Waals surface area contributed by atoms with E-state index in [-0.39, 0.29) is 21.7 Å². The molecule has 0 radical (unpaired) electrons. The molecule has 0 saturated carbocycles. The van der Waals surface area contributed by atoms with Gasteiger partial charge < -0.3 is 19.5 Å². The number of para-hydroxylation sites is 1. The normalized spacial score (nSPS) is 10.9. The third-order valence-electron chi connectivity index (χ3n) is 4.80. The van der Waals surface area contributed by atoms with Crippen LogP contribution in [0.15, 0.2) is 65.6 Å². The molecule has 0 aromatic heterocycles. The van der Waals surface area contributed by atoms with Crippen molar-refractivity contribution in [2.45, 2.75) is 11.8 Å². The predicted octanol–water partition coefficient (Wildman–Crippen LogP) is 3.75. The summed E-state index contributed by atoms with van der Waals surface area (Å²) in [5.74, 6) is -1.19. The second-order valence-corrected chi connectivity index (χ2v) is 8.97. The Labute approximate surface area is 201 Å². The first-order valence-corrected chi connectivity index (χ1v) is 11.7. The van der Waals surface area contributed by atoms with Crippen molar-refractivity contribution in [2.24, 2.45) is 0 Å². The van der Waals surface area contributed by atoms with Gasteiger partial charge in [-0.1, -0.05) is 12.1 Å². The molecule has 2 N–H and O–H groups in total. The third-order valence-corrected chi connectivity index (χ3v) is 6.16. The maximum atomic E-state index is 13.5. The lowest BCUT2D eigenvalue weighted by Crippen LogP contribution is -2.22. The first kappa shape index (κ1) is 25.5. The van der Waals surface area contributed by atoms with E-state index in [1.165, 1.54) is 51.5 Å².